The number of carbonyl (C=O) groups is 4. The molecule has 0 aliphatic heterocycles. The van der Waals surface area contributed by atoms with Crippen molar-refractivity contribution in [1.82, 2.24) is 0 Å². The third-order valence-corrected chi connectivity index (χ3v) is 23.2. The van der Waals surface area contributed by atoms with Crippen LogP contribution in [0, 0.1) is 5.92 Å². The number of hydrogen-bond donors (Lipinski definition) is 3. The van der Waals surface area contributed by atoms with Crippen molar-refractivity contribution in [1.29, 1.82) is 0 Å². The van der Waals surface area contributed by atoms with Gasteiger partial charge in [-0.05, 0) is 31.6 Å². The van der Waals surface area contributed by atoms with Gasteiger partial charge in [-0.2, -0.15) is 0 Å². The summed E-state index contributed by atoms with van der Waals surface area (Å²) in [6.07, 6.45) is 77.8. The second-order valence-corrected chi connectivity index (χ2v) is 35.7. The van der Waals surface area contributed by atoms with Gasteiger partial charge in [0.1, 0.15) is 19.3 Å². The largest absolute Gasteiger partial charge is 0.472 e. The van der Waals surface area contributed by atoms with Crippen LogP contribution in [-0.4, -0.2) is 96.7 Å². The fourth-order valence-corrected chi connectivity index (χ4v) is 15.8. The summed E-state index contributed by atoms with van der Waals surface area (Å²) >= 11 is 0. The maximum Gasteiger partial charge on any atom is 0.472 e. The predicted octanol–water partition coefficient (Wildman–Crippen LogP) is 27.9. The molecule has 0 fully saturated rings. The number of aliphatic hydroxyl groups is 1. The molecule has 0 saturated carbocycles. The van der Waals surface area contributed by atoms with Crippen molar-refractivity contribution >= 4 is 39.5 Å². The van der Waals surface area contributed by atoms with Gasteiger partial charge in [0.05, 0.1) is 26.4 Å². The lowest BCUT2D eigenvalue weighted by atomic mass is 10.0. The summed E-state index contributed by atoms with van der Waals surface area (Å²) in [5.41, 5.74) is 0. The number of hydrogen-bond acceptors (Lipinski definition) is 15. The standard InChI is InChI=1S/C90H176O17P2/c1-6-9-12-15-18-21-24-26-28-30-31-32-37-40-44-49-54-59-64-69-74-88(93)101-80-86(107-90(95)76-71-66-61-56-51-46-42-38-34-33-36-39-43-48-52-57-62-67-72-83(4)5)82-105-109(98,99)103-78-84(91)77-102-108(96,97)104-81-85(79-100-87(92)73-68-63-58-53-47-23-20-17-14-11-8-3)106-89(94)75-70-65-60-55-50-45-41-35-29-27-25-22-19-16-13-10-7-2/h83-86,91H,6-82H2,1-5H3,(H,96,97)(H,98,99)/t84-,85+,86+/m0/s1. The Hall–Kier alpha value is -1.94. The van der Waals surface area contributed by atoms with Gasteiger partial charge in [-0.1, -0.05) is 439 Å². The van der Waals surface area contributed by atoms with Crippen molar-refractivity contribution in [2.24, 2.45) is 5.92 Å². The van der Waals surface area contributed by atoms with Gasteiger partial charge in [0.2, 0.25) is 0 Å². The Kier molecular flexibility index (Phi) is 81.1. The molecule has 0 aliphatic rings. The highest BCUT2D eigenvalue weighted by molar-refractivity contribution is 7.47. The fourth-order valence-electron chi connectivity index (χ4n) is 14.2. The molecule has 17 nitrogen and oxygen atoms in total. The predicted molar refractivity (Wildman–Crippen MR) is 451 cm³/mol. The van der Waals surface area contributed by atoms with Gasteiger partial charge in [-0.3, -0.25) is 37.3 Å². The molecule has 0 saturated heterocycles. The number of phosphoric ester groups is 2. The van der Waals surface area contributed by atoms with Gasteiger partial charge in [0.15, 0.2) is 12.2 Å². The molecule has 0 aliphatic carbocycles. The summed E-state index contributed by atoms with van der Waals surface area (Å²) in [6.45, 7) is 7.43. The fraction of sp³-hybridized carbons (Fsp3) is 0.956. The van der Waals surface area contributed by atoms with Crippen LogP contribution >= 0.6 is 15.6 Å². The molecule has 5 atom stereocenters. The molecule has 0 aromatic heterocycles. The van der Waals surface area contributed by atoms with E-state index in [-0.39, 0.29) is 25.7 Å². The zero-order valence-corrected chi connectivity index (χ0v) is 73.5. The molecule has 19 heteroatoms. The molecule has 3 N–H and O–H groups in total. The number of ether oxygens (including phenoxy) is 4. The van der Waals surface area contributed by atoms with Crippen LogP contribution in [0.4, 0.5) is 0 Å². The summed E-state index contributed by atoms with van der Waals surface area (Å²) in [4.78, 5) is 73.4. The molecular formula is C90H176O17P2. The Balaban J connectivity index is 5.23. The minimum Gasteiger partial charge on any atom is -0.462 e. The Morgan fingerprint density at radius 1 is 0.248 bits per heavy atom. The zero-order valence-electron chi connectivity index (χ0n) is 71.7. The van der Waals surface area contributed by atoms with E-state index in [1.54, 1.807) is 0 Å². The minimum atomic E-state index is -4.97. The van der Waals surface area contributed by atoms with Crippen LogP contribution in [0.2, 0.25) is 0 Å². The van der Waals surface area contributed by atoms with Crippen LogP contribution in [0.3, 0.4) is 0 Å². The summed E-state index contributed by atoms with van der Waals surface area (Å²) in [5.74, 6) is -1.27. The number of esters is 4. The first kappa shape index (κ1) is 107. The average Bonchev–Trinajstić information content (AvgIpc) is 0.900. The summed E-state index contributed by atoms with van der Waals surface area (Å²) in [7, 11) is -9.93. The van der Waals surface area contributed by atoms with E-state index < -0.39 is 97.5 Å². The molecule has 2 unspecified atom stereocenters. The Bertz CT molecular complexity index is 2070. The van der Waals surface area contributed by atoms with Crippen molar-refractivity contribution < 1.29 is 80.2 Å². The zero-order chi connectivity index (χ0) is 79.7. The molecular weight excluding hydrogens is 1410 g/mol. The van der Waals surface area contributed by atoms with E-state index in [1.165, 1.54) is 315 Å². The molecule has 0 aromatic rings. The number of rotatable bonds is 90. The monoisotopic (exact) mass is 1590 g/mol. The van der Waals surface area contributed by atoms with Gasteiger partial charge in [-0.15, -0.1) is 0 Å². The SMILES string of the molecule is CCCCCCCCCCCCCCCCCCCCCCC(=O)OC[C@H](COP(=O)(O)OC[C@@H](O)COP(=O)(O)OC[C@@H](COC(=O)CCCCCCCCCCCCC)OC(=O)CCCCCCCCCCCCCCCCCCC)OC(=O)CCCCCCCCCCCCCCCCCCCCC(C)C. The Morgan fingerprint density at radius 2 is 0.422 bits per heavy atom. The lowest BCUT2D eigenvalue weighted by Gasteiger charge is -2.21. The van der Waals surface area contributed by atoms with Gasteiger partial charge in [-0.25, -0.2) is 9.13 Å². The molecule has 648 valence electrons. The first-order valence-electron chi connectivity index (χ1n) is 46.6. The van der Waals surface area contributed by atoms with E-state index in [1.807, 2.05) is 0 Å². The third kappa shape index (κ3) is 83.8. The van der Waals surface area contributed by atoms with E-state index in [0.717, 1.165) is 95.8 Å². The first-order valence-corrected chi connectivity index (χ1v) is 49.6. The highest BCUT2D eigenvalue weighted by atomic mass is 31.2. The summed E-state index contributed by atoms with van der Waals surface area (Å²) < 4.78 is 69.0. The lowest BCUT2D eigenvalue weighted by molar-refractivity contribution is -0.161. The molecule has 0 heterocycles. The minimum absolute atomic E-state index is 0.109. The maximum atomic E-state index is 13.2. The molecule has 0 amide bonds. The molecule has 0 aromatic carbocycles. The third-order valence-electron chi connectivity index (χ3n) is 21.3. The van der Waals surface area contributed by atoms with Crippen molar-refractivity contribution in [2.75, 3.05) is 39.6 Å². The summed E-state index contributed by atoms with van der Waals surface area (Å²) in [5, 5.41) is 10.7. The number of unbranched alkanes of at least 4 members (excludes halogenated alkanes) is 62. The maximum absolute atomic E-state index is 13.2. The second kappa shape index (κ2) is 82.6. The van der Waals surface area contributed by atoms with E-state index in [4.69, 9.17) is 37.0 Å². The average molecular weight is 1590 g/mol. The molecule has 0 spiro atoms. The molecule has 109 heavy (non-hydrogen) atoms. The smallest absolute Gasteiger partial charge is 0.462 e. The topological polar surface area (TPSA) is 237 Å². The van der Waals surface area contributed by atoms with Crippen molar-refractivity contribution in [3.8, 4) is 0 Å². The second-order valence-electron chi connectivity index (χ2n) is 32.8. The Labute approximate surface area is 670 Å². The quantitative estimate of drug-likeness (QED) is 0.0222. The van der Waals surface area contributed by atoms with Crippen LogP contribution in [0.1, 0.15) is 490 Å². The Morgan fingerprint density at radius 3 is 0.624 bits per heavy atom. The van der Waals surface area contributed by atoms with Crippen LogP contribution < -0.4 is 0 Å². The van der Waals surface area contributed by atoms with Crippen LogP contribution in [0.15, 0.2) is 0 Å². The molecule has 0 radical (unpaired) electrons. The van der Waals surface area contributed by atoms with E-state index >= 15 is 0 Å². The highest BCUT2D eigenvalue weighted by Gasteiger charge is 2.31. The number of aliphatic hydroxyl groups excluding tert-OH is 1. The highest BCUT2D eigenvalue weighted by Crippen LogP contribution is 2.45. The van der Waals surface area contributed by atoms with Crippen LogP contribution in [0.5, 0.6) is 0 Å². The van der Waals surface area contributed by atoms with Gasteiger partial charge in [0, 0.05) is 25.7 Å². The van der Waals surface area contributed by atoms with Crippen molar-refractivity contribution in [3.63, 3.8) is 0 Å². The van der Waals surface area contributed by atoms with E-state index in [2.05, 4.69) is 34.6 Å². The number of carbonyl (C=O) groups excluding carboxylic acids is 4. The number of phosphoric acid groups is 2. The van der Waals surface area contributed by atoms with Gasteiger partial charge >= 0.3 is 39.5 Å². The van der Waals surface area contributed by atoms with Gasteiger partial charge in [0.25, 0.3) is 0 Å². The van der Waals surface area contributed by atoms with Crippen molar-refractivity contribution in [2.45, 2.75) is 509 Å². The van der Waals surface area contributed by atoms with Crippen LogP contribution in [-0.2, 0) is 65.4 Å². The lowest BCUT2D eigenvalue weighted by Crippen LogP contribution is -2.30. The van der Waals surface area contributed by atoms with E-state index in [9.17, 15) is 43.2 Å². The van der Waals surface area contributed by atoms with Crippen LogP contribution in [0.25, 0.3) is 0 Å². The van der Waals surface area contributed by atoms with Crippen molar-refractivity contribution in [3.05, 3.63) is 0 Å². The van der Waals surface area contributed by atoms with E-state index in [0.29, 0.717) is 25.7 Å². The molecule has 0 rings (SSSR count). The first-order chi connectivity index (χ1) is 53.0. The summed E-state index contributed by atoms with van der Waals surface area (Å²) in [6, 6.07) is 0. The molecule has 0 bridgehead atoms. The normalized spacial score (nSPS) is 13.7. The van der Waals surface area contributed by atoms with Gasteiger partial charge < -0.3 is 33.8 Å².